The minimum absolute atomic E-state index is 0.214. The summed E-state index contributed by atoms with van der Waals surface area (Å²) in [6.45, 7) is 6.15. The number of benzene rings is 1. The van der Waals surface area contributed by atoms with E-state index in [2.05, 4.69) is 36.1 Å². The highest BCUT2D eigenvalue weighted by molar-refractivity contribution is 8.00. The van der Waals surface area contributed by atoms with Gasteiger partial charge in [0.15, 0.2) is 5.96 Å². The van der Waals surface area contributed by atoms with Crippen molar-refractivity contribution in [3.8, 4) is 0 Å². The lowest BCUT2D eigenvalue weighted by Crippen LogP contribution is -2.45. The third-order valence-corrected chi connectivity index (χ3v) is 6.21. The largest absolute Gasteiger partial charge is 0.378 e. The number of aryl methyl sites for hydroxylation is 1. The first-order valence-electron chi connectivity index (χ1n) is 8.55. The summed E-state index contributed by atoms with van der Waals surface area (Å²) in [5, 5.41) is 0. The van der Waals surface area contributed by atoms with Gasteiger partial charge in [-0.25, -0.2) is 0 Å². The average Bonchev–Trinajstić information content (AvgIpc) is 3.04. The van der Waals surface area contributed by atoms with Crippen LogP contribution in [0.4, 0.5) is 0 Å². The summed E-state index contributed by atoms with van der Waals surface area (Å²) in [5.74, 6) is 0.684. The number of ether oxygens (including phenoxy) is 1. The Morgan fingerprint density at radius 2 is 1.87 bits per heavy atom. The van der Waals surface area contributed by atoms with E-state index in [1.165, 1.54) is 36.1 Å². The quantitative estimate of drug-likeness (QED) is 0.680. The fourth-order valence-electron chi connectivity index (χ4n) is 3.29. The number of nitrogens with two attached hydrogens (primary N) is 1. The summed E-state index contributed by atoms with van der Waals surface area (Å²) >= 11 is 1.99. The van der Waals surface area contributed by atoms with Crippen molar-refractivity contribution in [1.82, 2.24) is 4.90 Å². The van der Waals surface area contributed by atoms with Crippen LogP contribution in [0.3, 0.4) is 0 Å². The standard InChI is InChI=1S/C18H27N3OS/c1-15-4-6-16(7-5-15)23-18(8-2-3-9-18)14-20-17(19)21-10-12-22-13-11-21/h4-7H,2-3,8-14H2,1H3,(H2,19,20). The summed E-state index contributed by atoms with van der Waals surface area (Å²) in [7, 11) is 0. The van der Waals surface area contributed by atoms with E-state index in [-0.39, 0.29) is 4.75 Å². The van der Waals surface area contributed by atoms with Gasteiger partial charge in [-0.1, -0.05) is 30.5 Å². The lowest BCUT2D eigenvalue weighted by Gasteiger charge is -2.30. The van der Waals surface area contributed by atoms with Gasteiger partial charge in [0.05, 0.1) is 19.8 Å². The molecule has 3 rings (SSSR count). The monoisotopic (exact) mass is 333 g/mol. The maximum absolute atomic E-state index is 6.21. The molecule has 1 aromatic rings. The van der Waals surface area contributed by atoms with Crippen LogP contribution < -0.4 is 5.73 Å². The third kappa shape index (κ3) is 4.42. The van der Waals surface area contributed by atoms with Gasteiger partial charge >= 0.3 is 0 Å². The molecule has 5 heteroatoms. The molecular weight excluding hydrogens is 306 g/mol. The Hall–Kier alpha value is -1.20. The van der Waals surface area contributed by atoms with E-state index in [0.717, 1.165) is 32.8 Å². The number of hydrogen-bond donors (Lipinski definition) is 1. The van der Waals surface area contributed by atoms with Crippen LogP contribution in [0.15, 0.2) is 34.2 Å². The molecule has 0 unspecified atom stereocenters. The molecule has 1 saturated carbocycles. The van der Waals surface area contributed by atoms with E-state index in [1.54, 1.807) is 0 Å². The molecular formula is C18H27N3OS. The minimum atomic E-state index is 0.214. The van der Waals surface area contributed by atoms with Crippen molar-refractivity contribution >= 4 is 17.7 Å². The number of hydrogen-bond acceptors (Lipinski definition) is 3. The van der Waals surface area contributed by atoms with E-state index in [4.69, 9.17) is 15.5 Å². The van der Waals surface area contributed by atoms with Crippen LogP contribution >= 0.6 is 11.8 Å². The molecule has 0 aromatic heterocycles. The number of thioether (sulfide) groups is 1. The van der Waals surface area contributed by atoms with Gasteiger partial charge < -0.3 is 15.4 Å². The fraction of sp³-hybridized carbons (Fsp3) is 0.611. The Kier molecular flexibility index (Phi) is 5.49. The highest BCUT2D eigenvalue weighted by Crippen LogP contribution is 2.45. The number of guanidine groups is 1. The van der Waals surface area contributed by atoms with Gasteiger partial charge in [0.2, 0.25) is 0 Å². The molecule has 2 fully saturated rings. The summed E-state index contributed by atoms with van der Waals surface area (Å²) in [4.78, 5) is 8.25. The molecule has 1 heterocycles. The van der Waals surface area contributed by atoms with E-state index in [1.807, 2.05) is 11.8 Å². The SMILES string of the molecule is Cc1ccc(SC2(CN=C(N)N3CCOCC3)CCCC2)cc1. The maximum atomic E-state index is 6.21. The van der Waals surface area contributed by atoms with Crippen LogP contribution in [0.25, 0.3) is 0 Å². The minimum Gasteiger partial charge on any atom is -0.378 e. The smallest absolute Gasteiger partial charge is 0.191 e. The van der Waals surface area contributed by atoms with Crippen LogP contribution in [0.1, 0.15) is 31.2 Å². The van der Waals surface area contributed by atoms with Crippen LogP contribution in [-0.2, 0) is 4.74 Å². The molecule has 0 spiro atoms. The topological polar surface area (TPSA) is 50.8 Å². The van der Waals surface area contributed by atoms with Crippen molar-refractivity contribution < 1.29 is 4.74 Å². The highest BCUT2D eigenvalue weighted by Gasteiger charge is 2.35. The number of nitrogens with zero attached hydrogens (tertiary/aromatic N) is 2. The highest BCUT2D eigenvalue weighted by atomic mass is 32.2. The Morgan fingerprint density at radius 1 is 1.22 bits per heavy atom. The predicted molar refractivity (Wildman–Crippen MR) is 97.1 cm³/mol. The van der Waals surface area contributed by atoms with Gasteiger partial charge in [0.1, 0.15) is 0 Å². The molecule has 2 N–H and O–H groups in total. The lowest BCUT2D eigenvalue weighted by atomic mass is 10.1. The molecule has 1 saturated heterocycles. The van der Waals surface area contributed by atoms with Gasteiger partial charge in [-0.3, -0.25) is 4.99 Å². The summed E-state index contributed by atoms with van der Waals surface area (Å²) in [5.41, 5.74) is 7.52. The molecule has 0 atom stereocenters. The van der Waals surface area contributed by atoms with Gasteiger partial charge in [-0.2, -0.15) is 0 Å². The molecule has 0 amide bonds. The Morgan fingerprint density at radius 3 is 2.52 bits per heavy atom. The number of rotatable bonds is 4. The van der Waals surface area contributed by atoms with Crippen molar-refractivity contribution in [2.45, 2.75) is 42.2 Å². The van der Waals surface area contributed by atoms with Crippen molar-refractivity contribution in [2.24, 2.45) is 10.7 Å². The van der Waals surface area contributed by atoms with Crippen molar-refractivity contribution in [2.75, 3.05) is 32.8 Å². The van der Waals surface area contributed by atoms with Crippen LogP contribution in [0.2, 0.25) is 0 Å². The van der Waals surface area contributed by atoms with Crippen molar-refractivity contribution in [3.63, 3.8) is 0 Å². The molecule has 4 nitrogen and oxygen atoms in total. The van der Waals surface area contributed by atoms with Crippen LogP contribution in [0.5, 0.6) is 0 Å². The van der Waals surface area contributed by atoms with E-state index in [9.17, 15) is 0 Å². The normalized spacial score (nSPS) is 21.6. The number of morpholine rings is 1. The van der Waals surface area contributed by atoms with Gasteiger partial charge in [-0.15, -0.1) is 11.8 Å². The Balaban J connectivity index is 1.66. The molecule has 1 aliphatic heterocycles. The maximum Gasteiger partial charge on any atom is 0.191 e. The average molecular weight is 334 g/mol. The second-order valence-electron chi connectivity index (χ2n) is 6.58. The number of aliphatic imine (C=N–C) groups is 1. The Bertz CT molecular complexity index is 532. The fourth-order valence-corrected chi connectivity index (χ4v) is 4.68. The molecule has 2 aliphatic rings. The van der Waals surface area contributed by atoms with Crippen LogP contribution in [0, 0.1) is 6.92 Å². The molecule has 0 bridgehead atoms. The molecule has 23 heavy (non-hydrogen) atoms. The van der Waals surface area contributed by atoms with Gasteiger partial charge in [0.25, 0.3) is 0 Å². The Labute approximate surface area is 143 Å². The summed E-state index contributed by atoms with van der Waals surface area (Å²) in [6.07, 6.45) is 5.05. The second-order valence-corrected chi connectivity index (χ2v) is 8.12. The summed E-state index contributed by atoms with van der Waals surface area (Å²) in [6, 6.07) is 8.84. The zero-order chi connectivity index (χ0) is 16.1. The van der Waals surface area contributed by atoms with Crippen molar-refractivity contribution in [3.05, 3.63) is 29.8 Å². The van der Waals surface area contributed by atoms with E-state index < -0.39 is 0 Å². The van der Waals surface area contributed by atoms with Gasteiger partial charge in [-0.05, 0) is 31.9 Å². The third-order valence-electron chi connectivity index (χ3n) is 4.73. The van der Waals surface area contributed by atoms with Crippen molar-refractivity contribution in [1.29, 1.82) is 0 Å². The molecule has 1 aliphatic carbocycles. The predicted octanol–water partition coefficient (Wildman–Crippen LogP) is 3.05. The molecule has 126 valence electrons. The van der Waals surface area contributed by atoms with E-state index >= 15 is 0 Å². The van der Waals surface area contributed by atoms with Crippen LogP contribution in [-0.4, -0.2) is 48.5 Å². The van der Waals surface area contributed by atoms with E-state index in [0.29, 0.717) is 5.96 Å². The first-order valence-corrected chi connectivity index (χ1v) is 9.37. The summed E-state index contributed by atoms with van der Waals surface area (Å²) < 4.78 is 5.59. The first kappa shape index (κ1) is 16.7. The zero-order valence-electron chi connectivity index (χ0n) is 14.0. The molecule has 0 radical (unpaired) electrons. The molecule has 1 aromatic carbocycles. The van der Waals surface area contributed by atoms with Gasteiger partial charge in [0, 0.05) is 22.7 Å². The second kappa shape index (κ2) is 7.58. The lowest BCUT2D eigenvalue weighted by molar-refractivity contribution is 0.0674. The first-order chi connectivity index (χ1) is 11.2. The zero-order valence-corrected chi connectivity index (χ0v) is 14.8.